The lowest BCUT2D eigenvalue weighted by molar-refractivity contribution is 0.413. The van der Waals surface area contributed by atoms with Gasteiger partial charge in [0.05, 0.1) is 18.8 Å². The lowest BCUT2D eigenvalue weighted by Gasteiger charge is -2.38. The van der Waals surface area contributed by atoms with E-state index in [2.05, 4.69) is 56.8 Å². The minimum atomic E-state index is 0.426. The molecule has 24 heavy (non-hydrogen) atoms. The van der Waals surface area contributed by atoms with Crippen molar-refractivity contribution in [3.63, 3.8) is 0 Å². The molecule has 5 heteroatoms. The van der Waals surface area contributed by atoms with Crippen molar-refractivity contribution in [1.29, 1.82) is 0 Å². The number of aromatic amines is 1. The number of nitrogens with one attached hydrogen (secondary N) is 2. The van der Waals surface area contributed by atoms with Crippen LogP contribution in [0.1, 0.15) is 5.56 Å². The summed E-state index contributed by atoms with van der Waals surface area (Å²) in [4.78, 5) is 2.50. The molecular weight excluding hydrogens is 300 g/mol. The molecule has 0 saturated carbocycles. The van der Waals surface area contributed by atoms with Crippen molar-refractivity contribution in [3.05, 3.63) is 54.2 Å². The Kier molecular flexibility index (Phi) is 4.09. The molecule has 0 aliphatic carbocycles. The standard InChI is InChI=1S/C19H22N4O/c1-24-18-4-2-3-14(10-18)9-17-13-20-7-8-23(17)16-5-6-19-15(11-16)12-21-22-19/h2-6,10-12,17,20H,7-9,13H2,1H3,(H,21,22). The molecule has 5 nitrogen and oxygen atoms in total. The first kappa shape index (κ1) is 15.0. The molecule has 1 saturated heterocycles. The Morgan fingerprint density at radius 2 is 2.21 bits per heavy atom. The van der Waals surface area contributed by atoms with Gasteiger partial charge >= 0.3 is 0 Å². The van der Waals surface area contributed by atoms with Crippen molar-refractivity contribution >= 4 is 16.6 Å². The summed E-state index contributed by atoms with van der Waals surface area (Å²) in [6.07, 6.45) is 2.88. The number of aromatic nitrogens is 2. The van der Waals surface area contributed by atoms with E-state index in [1.54, 1.807) is 7.11 Å². The third-order valence-electron chi connectivity index (χ3n) is 4.71. The van der Waals surface area contributed by atoms with E-state index in [0.29, 0.717) is 6.04 Å². The van der Waals surface area contributed by atoms with E-state index >= 15 is 0 Å². The van der Waals surface area contributed by atoms with Crippen LogP contribution in [-0.4, -0.2) is 43.0 Å². The summed E-state index contributed by atoms with van der Waals surface area (Å²) in [6.45, 7) is 3.01. The van der Waals surface area contributed by atoms with Crippen LogP contribution in [0.2, 0.25) is 0 Å². The number of fused-ring (bicyclic) bond motifs is 1. The summed E-state index contributed by atoms with van der Waals surface area (Å²) < 4.78 is 5.36. The van der Waals surface area contributed by atoms with E-state index in [4.69, 9.17) is 4.74 Å². The lowest BCUT2D eigenvalue weighted by atomic mass is 10.0. The van der Waals surface area contributed by atoms with Crippen LogP contribution in [0, 0.1) is 0 Å². The van der Waals surface area contributed by atoms with Crippen LogP contribution in [0.5, 0.6) is 5.75 Å². The Morgan fingerprint density at radius 3 is 3.12 bits per heavy atom. The number of nitrogens with zero attached hydrogens (tertiary/aromatic N) is 2. The Morgan fingerprint density at radius 1 is 1.25 bits per heavy atom. The predicted octanol–water partition coefficient (Wildman–Crippen LogP) is 2.59. The van der Waals surface area contributed by atoms with Crippen molar-refractivity contribution in [2.24, 2.45) is 0 Å². The first-order valence-corrected chi connectivity index (χ1v) is 8.37. The monoisotopic (exact) mass is 322 g/mol. The Balaban J connectivity index is 1.60. The van der Waals surface area contributed by atoms with Gasteiger partial charge in [-0.25, -0.2) is 0 Å². The second kappa shape index (κ2) is 6.53. The highest BCUT2D eigenvalue weighted by Gasteiger charge is 2.23. The van der Waals surface area contributed by atoms with Gasteiger partial charge in [0.2, 0.25) is 0 Å². The van der Waals surface area contributed by atoms with Gasteiger partial charge in [-0.2, -0.15) is 5.10 Å². The summed E-state index contributed by atoms with van der Waals surface area (Å²) in [6, 6.07) is 15.3. The van der Waals surface area contributed by atoms with Gasteiger partial charge in [-0.15, -0.1) is 0 Å². The van der Waals surface area contributed by atoms with Crippen LogP contribution >= 0.6 is 0 Å². The summed E-state index contributed by atoms with van der Waals surface area (Å²) in [7, 11) is 1.72. The van der Waals surface area contributed by atoms with Crippen LogP contribution in [0.3, 0.4) is 0 Å². The fraction of sp³-hybridized carbons (Fsp3) is 0.316. The SMILES string of the molecule is COc1cccc(CC2CNCCN2c2ccc3[nH]ncc3c2)c1. The zero-order valence-corrected chi connectivity index (χ0v) is 13.8. The van der Waals surface area contributed by atoms with Crippen LogP contribution < -0.4 is 15.0 Å². The van der Waals surface area contributed by atoms with Gasteiger partial charge in [0.25, 0.3) is 0 Å². The number of methoxy groups -OCH3 is 1. The topological polar surface area (TPSA) is 53.2 Å². The maximum Gasteiger partial charge on any atom is 0.119 e. The van der Waals surface area contributed by atoms with Gasteiger partial charge in [-0.05, 0) is 42.3 Å². The average molecular weight is 322 g/mol. The molecule has 1 aliphatic heterocycles. The molecule has 124 valence electrons. The van der Waals surface area contributed by atoms with E-state index in [1.165, 1.54) is 11.3 Å². The fourth-order valence-electron chi connectivity index (χ4n) is 3.46. The highest BCUT2D eigenvalue weighted by atomic mass is 16.5. The molecule has 2 aromatic carbocycles. The molecule has 0 amide bonds. The Bertz CT molecular complexity index is 829. The largest absolute Gasteiger partial charge is 0.497 e. The Hall–Kier alpha value is -2.53. The molecule has 1 unspecified atom stereocenters. The highest BCUT2D eigenvalue weighted by Crippen LogP contribution is 2.25. The molecule has 1 aliphatic rings. The molecular formula is C19H22N4O. The zero-order chi connectivity index (χ0) is 16.4. The third kappa shape index (κ3) is 2.95. The van der Waals surface area contributed by atoms with Gasteiger partial charge in [0, 0.05) is 36.7 Å². The molecule has 0 bridgehead atoms. The van der Waals surface area contributed by atoms with E-state index in [0.717, 1.165) is 42.7 Å². The maximum absolute atomic E-state index is 5.36. The molecule has 1 aromatic heterocycles. The van der Waals surface area contributed by atoms with E-state index < -0.39 is 0 Å². The number of hydrogen-bond donors (Lipinski definition) is 2. The van der Waals surface area contributed by atoms with Crippen molar-refractivity contribution < 1.29 is 4.74 Å². The zero-order valence-electron chi connectivity index (χ0n) is 13.8. The summed E-state index contributed by atoms with van der Waals surface area (Å²) in [5, 5.41) is 11.8. The summed E-state index contributed by atoms with van der Waals surface area (Å²) in [5.74, 6) is 0.919. The number of piperazine rings is 1. The van der Waals surface area contributed by atoms with Gasteiger partial charge < -0.3 is 15.0 Å². The third-order valence-corrected chi connectivity index (χ3v) is 4.71. The molecule has 2 heterocycles. The molecule has 1 atom stereocenters. The second-order valence-electron chi connectivity index (χ2n) is 6.25. The molecule has 2 N–H and O–H groups in total. The number of rotatable bonds is 4. The summed E-state index contributed by atoms with van der Waals surface area (Å²) >= 11 is 0. The Labute approximate surface area is 141 Å². The van der Waals surface area contributed by atoms with E-state index in [-0.39, 0.29) is 0 Å². The van der Waals surface area contributed by atoms with Crippen LogP contribution in [0.4, 0.5) is 5.69 Å². The van der Waals surface area contributed by atoms with Crippen molar-refractivity contribution in [2.75, 3.05) is 31.6 Å². The van der Waals surface area contributed by atoms with Crippen molar-refractivity contribution in [1.82, 2.24) is 15.5 Å². The molecule has 4 rings (SSSR count). The lowest BCUT2D eigenvalue weighted by Crippen LogP contribution is -2.52. The quantitative estimate of drug-likeness (QED) is 0.775. The van der Waals surface area contributed by atoms with Gasteiger partial charge in [0.1, 0.15) is 5.75 Å². The van der Waals surface area contributed by atoms with Crippen molar-refractivity contribution in [2.45, 2.75) is 12.5 Å². The predicted molar refractivity (Wildman–Crippen MR) is 96.8 cm³/mol. The number of anilines is 1. The summed E-state index contributed by atoms with van der Waals surface area (Å²) in [5.41, 5.74) is 3.65. The normalized spacial score (nSPS) is 18.0. The minimum absolute atomic E-state index is 0.426. The van der Waals surface area contributed by atoms with Gasteiger partial charge in [0.15, 0.2) is 0 Å². The fourth-order valence-corrected chi connectivity index (χ4v) is 3.46. The molecule has 0 spiro atoms. The second-order valence-corrected chi connectivity index (χ2v) is 6.25. The first-order chi connectivity index (χ1) is 11.8. The van der Waals surface area contributed by atoms with Crippen LogP contribution in [0.15, 0.2) is 48.7 Å². The number of ether oxygens (including phenoxy) is 1. The van der Waals surface area contributed by atoms with E-state index in [1.807, 2.05) is 12.3 Å². The minimum Gasteiger partial charge on any atom is -0.497 e. The van der Waals surface area contributed by atoms with Crippen LogP contribution in [-0.2, 0) is 6.42 Å². The number of benzene rings is 2. The average Bonchev–Trinajstić information content (AvgIpc) is 3.10. The molecule has 1 fully saturated rings. The van der Waals surface area contributed by atoms with Crippen molar-refractivity contribution in [3.8, 4) is 5.75 Å². The number of H-pyrrole nitrogens is 1. The first-order valence-electron chi connectivity index (χ1n) is 8.37. The maximum atomic E-state index is 5.36. The van der Waals surface area contributed by atoms with E-state index in [9.17, 15) is 0 Å². The smallest absolute Gasteiger partial charge is 0.119 e. The highest BCUT2D eigenvalue weighted by molar-refractivity contribution is 5.82. The number of hydrogen-bond acceptors (Lipinski definition) is 4. The molecule has 3 aromatic rings. The van der Waals surface area contributed by atoms with Gasteiger partial charge in [-0.3, -0.25) is 5.10 Å². The van der Waals surface area contributed by atoms with Crippen LogP contribution in [0.25, 0.3) is 10.9 Å². The molecule has 0 radical (unpaired) electrons. The van der Waals surface area contributed by atoms with Gasteiger partial charge in [-0.1, -0.05) is 12.1 Å².